The highest BCUT2D eigenvalue weighted by Crippen LogP contribution is 2.24. The molecule has 0 unspecified atom stereocenters. The van der Waals surface area contributed by atoms with Gasteiger partial charge in [-0.3, -0.25) is 4.31 Å². The van der Waals surface area contributed by atoms with Gasteiger partial charge in [-0.15, -0.1) is 0 Å². The molecule has 3 rings (SSSR count). The molecule has 0 saturated carbocycles. The molecule has 144 valence electrons. The van der Waals surface area contributed by atoms with Crippen molar-refractivity contribution < 1.29 is 22.7 Å². The molecule has 0 amide bonds. The minimum absolute atomic E-state index is 0.0996. The maximum Gasteiger partial charge on any atom is 0.335 e. The van der Waals surface area contributed by atoms with E-state index in [-0.39, 0.29) is 17.7 Å². The van der Waals surface area contributed by atoms with Crippen LogP contribution in [0.25, 0.3) is 0 Å². The lowest BCUT2D eigenvalue weighted by Crippen LogP contribution is -2.51. The Bertz CT molecular complexity index is 915. The Morgan fingerprint density at radius 2 is 1.81 bits per heavy atom. The summed E-state index contributed by atoms with van der Waals surface area (Å²) in [6.07, 6.45) is 0. The Kier molecular flexibility index (Phi) is 5.73. The molecule has 2 aromatic carbocycles. The summed E-state index contributed by atoms with van der Waals surface area (Å²) in [6, 6.07) is 11.9. The second-order valence-corrected chi connectivity index (χ2v) is 7.96. The second kappa shape index (κ2) is 8.03. The summed E-state index contributed by atoms with van der Waals surface area (Å²) < 4.78 is 43.3. The molecule has 2 N–H and O–H groups in total. The van der Waals surface area contributed by atoms with Crippen LogP contribution in [0.15, 0.2) is 48.5 Å². The third-order valence-electron chi connectivity index (χ3n) is 4.34. The van der Waals surface area contributed by atoms with Crippen molar-refractivity contribution in [2.24, 2.45) is 0 Å². The van der Waals surface area contributed by atoms with Crippen molar-refractivity contribution in [1.29, 1.82) is 0 Å². The number of aromatic carboxylic acids is 1. The van der Waals surface area contributed by atoms with Crippen LogP contribution in [-0.4, -0.2) is 50.0 Å². The Hall–Kier alpha value is -2.49. The van der Waals surface area contributed by atoms with E-state index in [1.54, 1.807) is 30.3 Å². The van der Waals surface area contributed by atoms with Gasteiger partial charge in [-0.25, -0.2) is 9.18 Å². The first-order chi connectivity index (χ1) is 12.9. The highest BCUT2D eigenvalue weighted by molar-refractivity contribution is 7.90. The second-order valence-electron chi connectivity index (χ2n) is 6.11. The van der Waals surface area contributed by atoms with Gasteiger partial charge in [-0.2, -0.15) is 12.7 Å². The molecule has 0 radical (unpaired) electrons. The largest absolute Gasteiger partial charge is 0.478 e. The number of hydrogen-bond donors (Lipinski definition) is 2. The van der Waals surface area contributed by atoms with Gasteiger partial charge in [0.1, 0.15) is 5.82 Å². The monoisotopic (exact) mass is 393 g/mol. The fourth-order valence-electron chi connectivity index (χ4n) is 2.88. The number of rotatable bonds is 6. The van der Waals surface area contributed by atoms with Gasteiger partial charge in [0.15, 0.2) is 0 Å². The number of nitrogens with zero attached hydrogens (tertiary/aromatic N) is 2. The van der Waals surface area contributed by atoms with Gasteiger partial charge in [0.2, 0.25) is 0 Å². The molecule has 27 heavy (non-hydrogen) atoms. The van der Waals surface area contributed by atoms with Crippen molar-refractivity contribution in [2.75, 3.05) is 30.5 Å². The highest BCUT2D eigenvalue weighted by atomic mass is 32.2. The zero-order valence-electron chi connectivity index (χ0n) is 14.5. The quantitative estimate of drug-likeness (QED) is 0.779. The van der Waals surface area contributed by atoms with Crippen LogP contribution in [0.5, 0.6) is 0 Å². The van der Waals surface area contributed by atoms with E-state index in [9.17, 15) is 17.6 Å². The Morgan fingerprint density at radius 1 is 1.15 bits per heavy atom. The fourth-order valence-corrected chi connectivity index (χ4v) is 4.49. The first-order valence-electron chi connectivity index (χ1n) is 8.45. The number of carboxylic acids is 1. The minimum atomic E-state index is -3.87. The van der Waals surface area contributed by atoms with Crippen molar-refractivity contribution in [3.05, 3.63) is 65.5 Å². The summed E-state index contributed by atoms with van der Waals surface area (Å²) in [6.45, 7) is 1.51. The molecule has 1 aliphatic heterocycles. The number of nitrogens with one attached hydrogen (secondary N) is 1. The maximum absolute atomic E-state index is 14.4. The molecule has 0 atom stereocenters. The summed E-state index contributed by atoms with van der Waals surface area (Å²) in [5.41, 5.74) is 0.327. The van der Waals surface area contributed by atoms with Gasteiger partial charge in [-0.05, 0) is 24.3 Å². The molecule has 0 aromatic heterocycles. The Labute approximate surface area is 157 Å². The molecule has 2 aromatic rings. The zero-order valence-corrected chi connectivity index (χ0v) is 15.3. The van der Waals surface area contributed by atoms with Crippen LogP contribution in [0.2, 0.25) is 0 Å². The van der Waals surface area contributed by atoms with Gasteiger partial charge in [0.25, 0.3) is 0 Å². The van der Waals surface area contributed by atoms with Gasteiger partial charge < -0.3 is 10.4 Å². The van der Waals surface area contributed by atoms with E-state index in [0.29, 0.717) is 31.9 Å². The van der Waals surface area contributed by atoms with E-state index in [2.05, 4.69) is 5.32 Å². The lowest BCUT2D eigenvalue weighted by atomic mass is 10.1. The van der Waals surface area contributed by atoms with E-state index >= 15 is 0 Å². The number of carboxylic acid groups (broad SMARTS) is 1. The average molecular weight is 393 g/mol. The smallest absolute Gasteiger partial charge is 0.335 e. The maximum atomic E-state index is 14.4. The molecule has 1 heterocycles. The van der Waals surface area contributed by atoms with Crippen LogP contribution >= 0.6 is 0 Å². The van der Waals surface area contributed by atoms with Gasteiger partial charge in [0.05, 0.1) is 17.8 Å². The van der Waals surface area contributed by atoms with Crippen LogP contribution in [0, 0.1) is 5.82 Å². The van der Waals surface area contributed by atoms with E-state index in [4.69, 9.17) is 5.11 Å². The van der Waals surface area contributed by atoms with Crippen molar-refractivity contribution in [3.8, 4) is 0 Å². The Morgan fingerprint density at radius 3 is 2.41 bits per heavy atom. The number of anilines is 1. The zero-order chi connectivity index (χ0) is 19.4. The number of hydrogen-bond acceptors (Lipinski definition) is 4. The molecule has 9 heteroatoms. The van der Waals surface area contributed by atoms with Gasteiger partial charge in [-0.1, -0.05) is 24.3 Å². The molecular formula is C18H20FN3O4S. The average Bonchev–Trinajstić information content (AvgIpc) is 2.68. The Balaban J connectivity index is 1.97. The number of benzene rings is 2. The summed E-state index contributed by atoms with van der Waals surface area (Å²) in [4.78, 5) is 11.0. The minimum Gasteiger partial charge on any atom is -0.478 e. The van der Waals surface area contributed by atoms with E-state index in [1.165, 1.54) is 16.4 Å². The first kappa shape index (κ1) is 19.3. The molecule has 0 bridgehead atoms. The normalized spacial score (nSPS) is 15.4. The van der Waals surface area contributed by atoms with Crippen molar-refractivity contribution >= 4 is 21.9 Å². The van der Waals surface area contributed by atoms with Crippen molar-refractivity contribution in [2.45, 2.75) is 6.54 Å². The van der Waals surface area contributed by atoms with Crippen molar-refractivity contribution in [3.63, 3.8) is 0 Å². The number of para-hydroxylation sites is 1. The fraction of sp³-hybridized carbons (Fsp3) is 0.278. The predicted molar refractivity (Wildman–Crippen MR) is 99.3 cm³/mol. The van der Waals surface area contributed by atoms with Crippen molar-refractivity contribution in [1.82, 2.24) is 9.62 Å². The molecule has 0 aliphatic carbocycles. The molecule has 1 aliphatic rings. The molecule has 7 nitrogen and oxygen atoms in total. The SMILES string of the molecule is O=C(O)c1ccc(CN(c2ccccc2)S(=O)(=O)N2CCNCC2)c(F)c1. The highest BCUT2D eigenvalue weighted by Gasteiger charge is 2.31. The van der Waals surface area contributed by atoms with Crippen LogP contribution < -0.4 is 9.62 Å². The van der Waals surface area contributed by atoms with Crippen LogP contribution in [0.1, 0.15) is 15.9 Å². The topological polar surface area (TPSA) is 90.0 Å². The summed E-state index contributed by atoms with van der Waals surface area (Å²) in [5.74, 6) is -2.00. The number of halogens is 1. The predicted octanol–water partition coefficient (Wildman–Crippen LogP) is 1.68. The first-order valence-corrected chi connectivity index (χ1v) is 9.84. The molecule has 1 saturated heterocycles. The van der Waals surface area contributed by atoms with Crippen LogP contribution in [0.4, 0.5) is 10.1 Å². The summed E-state index contributed by atoms with van der Waals surface area (Å²) in [5, 5.41) is 12.1. The molecular weight excluding hydrogens is 373 g/mol. The van der Waals surface area contributed by atoms with E-state index in [1.807, 2.05) is 0 Å². The third kappa shape index (κ3) is 4.26. The van der Waals surface area contributed by atoms with Crippen LogP contribution in [-0.2, 0) is 16.8 Å². The lowest BCUT2D eigenvalue weighted by Gasteiger charge is -2.33. The molecule has 1 fully saturated rings. The lowest BCUT2D eigenvalue weighted by molar-refractivity contribution is 0.0696. The van der Waals surface area contributed by atoms with Gasteiger partial charge >= 0.3 is 16.2 Å². The van der Waals surface area contributed by atoms with E-state index < -0.39 is 22.0 Å². The van der Waals surface area contributed by atoms with E-state index in [0.717, 1.165) is 10.4 Å². The molecule has 0 spiro atoms. The standard InChI is InChI=1S/C18H20FN3O4S/c19-17-12-14(18(23)24)6-7-15(17)13-22(16-4-2-1-3-5-16)27(25,26)21-10-8-20-9-11-21/h1-7,12,20H,8-11,13H2,(H,23,24). The summed E-state index contributed by atoms with van der Waals surface area (Å²) >= 11 is 0. The van der Waals surface area contributed by atoms with Gasteiger partial charge in [0, 0.05) is 31.7 Å². The summed E-state index contributed by atoms with van der Waals surface area (Å²) in [7, 11) is -3.87. The van der Waals surface area contributed by atoms with Crippen LogP contribution in [0.3, 0.4) is 0 Å². The number of carbonyl (C=O) groups is 1. The number of piperazine rings is 1. The third-order valence-corrected chi connectivity index (χ3v) is 6.25.